The molecule has 5 nitrogen and oxygen atoms in total. The Balaban J connectivity index is 2.00. The zero-order valence-electron chi connectivity index (χ0n) is 15.6. The van der Waals surface area contributed by atoms with Crippen LogP contribution in [0, 0.1) is 0 Å². The molecule has 0 aliphatic carbocycles. The predicted octanol–water partition coefficient (Wildman–Crippen LogP) is 3.93. The van der Waals surface area contributed by atoms with Crippen LogP contribution < -0.4 is 0 Å². The Bertz CT molecular complexity index is 716. The number of rotatable bonds is 4. The molecule has 0 fully saturated rings. The van der Waals surface area contributed by atoms with Gasteiger partial charge in [-0.15, -0.1) is 0 Å². The normalized spacial score (nSPS) is 20.6. The van der Waals surface area contributed by atoms with Gasteiger partial charge >= 0.3 is 0 Å². The zero-order chi connectivity index (χ0) is 17.5. The fourth-order valence-electron chi connectivity index (χ4n) is 3.21. The number of aromatic nitrogens is 4. The largest absolute Gasteiger partial charge is 0.364 e. The van der Waals surface area contributed by atoms with Gasteiger partial charge in [-0.05, 0) is 13.3 Å². The third-order valence-corrected chi connectivity index (χ3v) is 4.69. The van der Waals surface area contributed by atoms with Gasteiger partial charge in [-0.3, -0.25) is 0 Å². The third-order valence-electron chi connectivity index (χ3n) is 4.69. The molecule has 3 rings (SSSR count). The Labute approximate surface area is 144 Å². The van der Waals surface area contributed by atoms with Gasteiger partial charge in [0.1, 0.15) is 11.4 Å². The molecule has 1 aliphatic rings. The summed E-state index contributed by atoms with van der Waals surface area (Å²) in [6.45, 7) is 14.5. The lowest BCUT2D eigenvalue weighted by atomic mass is 9.85. The van der Waals surface area contributed by atoms with E-state index in [0.29, 0.717) is 12.5 Å². The summed E-state index contributed by atoms with van der Waals surface area (Å²) in [6, 6.07) is 0. The molecule has 0 saturated heterocycles. The second-order valence-corrected chi connectivity index (χ2v) is 8.23. The summed E-state index contributed by atoms with van der Waals surface area (Å²) in [4.78, 5) is 13.9. The molecule has 0 spiro atoms. The number of hydrogen-bond donors (Lipinski definition) is 0. The molecular formula is C19H28N4O. The molecule has 0 aromatic carbocycles. The molecular weight excluding hydrogens is 300 g/mol. The minimum atomic E-state index is -0.369. The maximum Gasteiger partial charge on any atom is 0.131 e. The van der Waals surface area contributed by atoms with Crippen molar-refractivity contribution in [3.63, 3.8) is 0 Å². The second-order valence-electron chi connectivity index (χ2n) is 8.23. The van der Waals surface area contributed by atoms with Gasteiger partial charge in [0, 0.05) is 35.8 Å². The second kappa shape index (κ2) is 5.96. The maximum absolute atomic E-state index is 6.24. The van der Waals surface area contributed by atoms with E-state index in [1.54, 1.807) is 0 Å². The van der Waals surface area contributed by atoms with Crippen LogP contribution in [0.25, 0.3) is 0 Å². The summed E-state index contributed by atoms with van der Waals surface area (Å²) in [5, 5.41) is 0. The van der Waals surface area contributed by atoms with E-state index >= 15 is 0 Å². The van der Waals surface area contributed by atoms with E-state index in [0.717, 1.165) is 30.2 Å². The Morgan fingerprint density at radius 3 is 2.62 bits per heavy atom. The summed E-state index contributed by atoms with van der Waals surface area (Å²) in [7, 11) is 0. The number of imidazole rings is 1. The Morgan fingerprint density at radius 1 is 1.29 bits per heavy atom. The lowest BCUT2D eigenvalue weighted by Crippen LogP contribution is -2.26. The van der Waals surface area contributed by atoms with E-state index in [4.69, 9.17) is 14.7 Å². The Hall–Kier alpha value is -1.75. The van der Waals surface area contributed by atoms with E-state index in [1.165, 1.54) is 5.56 Å². The number of fused-ring (bicyclic) bond motifs is 1. The summed E-state index contributed by atoms with van der Waals surface area (Å²) < 4.78 is 8.33. The Morgan fingerprint density at radius 2 is 2.04 bits per heavy atom. The van der Waals surface area contributed by atoms with E-state index in [-0.39, 0.29) is 11.0 Å². The molecule has 1 unspecified atom stereocenters. The van der Waals surface area contributed by atoms with Crippen molar-refractivity contribution in [2.45, 2.75) is 78.0 Å². The fraction of sp³-hybridized carbons (Fsp3) is 0.632. The summed E-state index contributed by atoms with van der Waals surface area (Å²) in [5.74, 6) is 1.22. The first-order valence-electron chi connectivity index (χ1n) is 8.72. The molecule has 3 heterocycles. The van der Waals surface area contributed by atoms with Crippen LogP contribution in [0.3, 0.4) is 0 Å². The standard InChI is InChI=1S/C19H28N4O/c1-13(2)17-21-15(18(3,4)5)14-11-24-19(6,16(14)22-17)7-9-23-10-8-20-12-23/h8,10,12-13H,7,9,11H2,1-6H3. The molecule has 0 N–H and O–H groups in total. The highest BCUT2D eigenvalue weighted by molar-refractivity contribution is 5.37. The van der Waals surface area contributed by atoms with Crippen molar-refractivity contribution in [1.82, 2.24) is 19.5 Å². The van der Waals surface area contributed by atoms with Crippen molar-refractivity contribution in [1.29, 1.82) is 0 Å². The van der Waals surface area contributed by atoms with Crippen LogP contribution in [0.1, 0.15) is 76.7 Å². The van der Waals surface area contributed by atoms with Crippen molar-refractivity contribution in [2.75, 3.05) is 0 Å². The smallest absolute Gasteiger partial charge is 0.131 e. The minimum Gasteiger partial charge on any atom is -0.364 e. The Kier molecular flexibility index (Phi) is 4.24. The van der Waals surface area contributed by atoms with Crippen molar-refractivity contribution in [3.05, 3.63) is 41.5 Å². The highest BCUT2D eigenvalue weighted by Gasteiger charge is 2.41. The van der Waals surface area contributed by atoms with Gasteiger partial charge in [0.2, 0.25) is 0 Å². The molecule has 1 atom stereocenters. The van der Waals surface area contributed by atoms with E-state index < -0.39 is 0 Å². The van der Waals surface area contributed by atoms with Gasteiger partial charge in [0.25, 0.3) is 0 Å². The molecule has 2 aromatic rings. The van der Waals surface area contributed by atoms with Crippen LogP contribution >= 0.6 is 0 Å². The van der Waals surface area contributed by atoms with Crippen LogP contribution in [0.5, 0.6) is 0 Å². The summed E-state index contributed by atoms with van der Waals surface area (Å²) >= 11 is 0. The SMILES string of the molecule is CC(C)c1nc(C(C)(C)C)c2c(n1)C(C)(CCn1ccnc1)OC2. The molecule has 0 radical (unpaired) electrons. The third kappa shape index (κ3) is 3.09. The van der Waals surface area contributed by atoms with Crippen LogP contribution in [-0.4, -0.2) is 19.5 Å². The van der Waals surface area contributed by atoms with Crippen LogP contribution in [0.4, 0.5) is 0 Å². The molecule has 24 heavy (non-hydrogen) atoms. The van der Waals surface area contributed by atoms with Gasteiger partial charge in [-0.1, -0.05) is 34.6 Å². The molecule has 0 bridgehead atoms. The van der Waals surface area contributed by atoms with Gasteiger partial charge in [0.05, 0.1) is 24.3 Å². The molecule has 1 aliphatic heterocycles. The van der Waals surface area contributed by atoms with Crippen molar-refractivity contribution in [2.24, 2.45) is 0 Å². The zero-order valence-corrected chi connectivity index (χ0v) is 15.6. The monoisotopic (exact) mass is 328 g/mol. The van der Waals surface area contributed by atoms with Crippen LogP contribution in [0.2, 0.25) is 0 Å². The highest BCUT2D eigenvalue weighted by atomic mass is 16.5. The van der Waals surface area contributed by atoms with Crippen molar-refractivity contribution < 1.29 is 4.74 Å². The van der Waals surface area contributed by atoms with Crippen LogP contribution in [0.15, 0.2) is 18.7 Å². The highest BCUT2D eigenvalue weighted by Crippen LogP contribution is 2.42. The van der Waals surface area contributed by atoms with Crippen LogP contribution in [-0.2, 0) is 28.9 Å². The topological polar surface area (TPSA) is 52.8 Å². The number of aryl methyl sites for hydroxylation is 1. The first-order chi connectivity index (χ1) is 11.2. The number of nitrogens with zero attached hydrogens (tertiary/aromatic N) is 4. The molecule has 0 saturated carbocycles. The van der Waals surface area contributed by atoms with E-state index in [9.17, 15) is 0 Å². The average Bonchev–Trinajstić information content (AvgIpc) is 3.12. The lowest BCUT2D eigenvalue weighted by Gasteiger charge is -2.26. The lowest BCUT2D eigenvalue weighted by molar-refractivity contribution is -0.0347. The van der Waals surface area contributed by atoms with Gasteiger partial charge in [-0.25, -0.2) is 15.0 Å². The first kappa shape index (κ1) is 17.1. The number of ether oxygens (including phenoxy) is 1. The van der Waals surface area contributed by atoms with Gasteiger partial charge < -0.3 is 9.30 Å². The van der Waals surface area contributed by atoms with E-state index in [1.807, 2.05) is 18.7 Å². The molecule has 2 aromatic heterocycles. The van der Waals surface area contributed by atoms with Crippen molar-refractivity contribution in [3.8, 4) is 0 Å². The maximum atomic E-state index is 6.24. The molecule has 0 amide bonds. The summed E-state index contributed by atoms with van der Waals surface area (Å²) in [6.07, 6.45) is 6.51. The average molecular weight is 328 g/mol. The molecule has 130 valence electrons. The quantitative estimate of drug-likeness (QED) is 0.853. The first-order valence-corrected chi connectivity index (χ1v) is 8.72. The van der Waals surface area contributed by atoms with E-state index in [2.05, 4.69) is 51.1 Å². The molecule has 5 heteroatoms. The number of hydrogen-bond acceptors (Lipinski definition) is 4. The van der Waals surface area contributed by atoms with Gasteiger partial charge in [0.15, 0.2) is 0 Å². The van der Waals surface area contributed by atoms with Crippen molar-refractivity contribution >= 4 is 0 Å². The minimum absolute atomic E-state index is 0.0182. The predicted molar refractivity (Wildman–Crippen MR) is 93.8 cm³/mol. The summed E-state index contributed by atoms with van der Waals surface area (Å²) in [5.41, 5.74) is 3.00. The fourth-order valence-corrected chi connectivity index (χ4v) is 3.21. The van der Waals surface area contributed by atoms with Gasteiger partial charge in [-0.2, -0.15) is 0 Å².